The highest BCUT2D eigenvalue weighted by atomic mass is 79.9. The van der Waals surface area contributed by atoms with E-state index >= 15 is 0 Å². The molecule has 2 amide bonds. The number of nitrogens with one attached hydrogen (secondary N) is 1. The second-order valence-corrected chi connectivity index (χ2v) is 4.68. The molecule has 1 fully saturated rings. The largest absolute Gasteiger partial charge is 0.345 e. The second kappa shape index (κ2) is 4.43. The molecule has 0 saturated carbocycles. The number of hydrogen-bond donors (Lipinski definition) is 1. The average molecular weight is 304 g/mol. The first-order valence-corrected chi connectivity index (χ1v) is 5.77. The molecule has 1 aliphatic rings. The van der Waals surface area contributed by atoms with Crippen LogP contribution in [0.25, 0.3) is 0 Å². The predicted molar refractivity (Wildman–Crippen MR) is 64.5 cm³/mol. The van der Waals surface area contributed by atoms with E-state index in [9.17, 15) is 9.59 Å². The first kappa shape index (κ1) is 11.4. The van der Waals surface area contributed by atoms with Gasteiger partial charge in [-0.05, 0) is 18.2 Å². The number of halogens is 2. The minimum Gasteiger partial charge on any atom is -0.345 e. The number of rotatable bonds is 1. The molecule has 0 bridgehead atoms. The molecule has 4 nitrogen and oxygen atoms in total. The highest BCUT2D eigenvalue weighted by Gasteiger charge is 2.25. The normalized spacial score (nSPS) is 16.2. The topological polar surface area (TPSA) is 49.4 Å². The summed E-state index contributed by atoms with van der Waals surface area (Å²) in [6.07, 6.45) is 0. The molecule has 0 unspecified atom stereocenters. The molecule has 1 aliphatic heterocycles. The lowest BCUT2D eigenvalue weighted by molar-refractivity contribution is -0.128. The Bertz CT molecular complexity index is 464. The Morgan fingerprint density at radius 1 is 1.38 bits per heavy atom. The molecular weight excluding hydrogens is 295 g/mol. The molecule has 6 heteroatoms. The monoisotopic (exact) mass is 302 g/mol. The zero-order valence-electron chi connectivity index (χ0n) is 8.17. The van der Waals surface area contributed by atoms with Gasteiger partial charge in [0.2, 0.25) is 11.8 Å². The lowest BCUT2D eigenvalue weighted by Crippen LogP contribution is -2.51. The Morgan fingerprint density at radius 2 is 2.12 bits per heavy atom. The van der Waals surface area contributed by atoms with E-state index in [2.05, 4.69) is 21.2 Å². The van der Waals surface area contributed by atoms with Crippen LogP contribution in [0.5, 0.6) is 0 Å². The zero-order chi connectivity index (χ0) is 11.7. The Hall–Kier alpha value is -1.07. The van der Waals surface area contributed by atoms with Gasteiger partial charge in [-0.1, -0.05) is 27.5 Å². The zero-order valence-corrected chi connectivity index (χ0v) is 10.5. The molecule has 2 rings (SSSR count). The number of anilines is 1. The number of benzene rings is 1. The van der Waals surface area contributed by atoms with Crippen LogP contribution in [0.4, 0.5) is 5.69 Å². The van der Waals surface area contributed by atoms with Gasteiger partial charge in [-0.3, -0.25) is 14.5 Å². The third-order valence-electron chi connectivity index (χ3n) is 2.24. The molecule has 0 aliphatic carbocycles. The van der Waals surface area contributed by atoms with E-state index in [1.54, 1.807) is 18.2 Å². The van der Waals surface area contributed by atoms with Crippen molar-refractivity contribution in [1.29, 1.82) is 0 Å². The molecule has 1 aromatic carbocycles. The minimum atomic E-state index is -0.182. The number of hydrogen-bond acceptors (Lipinski definition) is 2. The van der Waals surface area contributed by atoms with E-state index in [4.69, 9.17) is 11.6 Å². The summed E-state index contributed by atoms with van der Waals surface area (Å²) in [5, 5.41) is 2.92. The molecule has 0 aromatic heterocycles. The number of carbonyl (C=O) groups excluding carboxylic acids is 2. The second-order valence-electron chi connectivity index (χ2n) is 3.35. The maximum absolute atomic E-state index is 11.6. The summed E-state index contributed by atoms with van der Waals surface area (Å²) in [5.74, 6) is -0.345. The van der Waals surface area contributed by atoms with Crippen LogP contribution >= 0.6 is 27.5 Å². The summed E-state index contributed by atoms with van der Waals surface area (Å²) in [4.78, 5) is 24.2. The predicted octanol–water partition coefficient (Wildman–Crippen LogP) is 1.57. The summed E-state index contributed by atoms with van der Waals surface area (Å²) in [7, 11) is 0. The fourth-order valence-corrected chi connectivity index (χ4v) is 2.25. The van der Waals surface area contributed by atoms with Crippen LogP contribution in [0.3, 0.4) is 0 Å². The van der Waals surface area contributed by atoms with Crippen molar-refractivity contribution in [3.8, 4) is 0 Å². The molecule has 1 saturated heterocycles. The van der Waals surface area contributed by atoms with Gasteiger partial charge in [-0.2, -0.15) is 0 Å². The quantitative estimate of drug-likeness (QED) is 0.856. The molecule has 1 aromatic rings. The summed E-state index contributed by atoms with van der Waals surface area (Å²) in [6, 6.07) is 5.18. The first-order valence-electron chi connectivity index (χ1n) is 4.60. The van der Waals surface area contributed by atoms with Crippen LogP contribution in [-0.4, -0.2) is 24.9 Å². The van der Waals surface area contributed by atoms with Gasteiger partial charge in [-0.25, -0.2) is 0 Å². The molecule has 84 valence electrons. The Balaban J connectivity index is 2.35. The molecule has 16 heavy (non-hydrogen) atoms. The van der Waals surface area contributed by atoms with Crippen LogP contribution in [0.1, 0.15) is 0 Å². The van der Waals surface area contributed by atoms with E-state index in [-0.39, 0.29) is 24.9 Å². The smallest absolute Gasteiger partial charge is 0.246 e. The fourth-order valence-electron chi connectivity index (χ4n) is 1.48. The van der Waals surface area contributed by atoms with E-state index in [1.807, 2.05) is 0 Å². The van der Waals surface area contributed by atoms with Crippen molar-refractivity contribution in [1.82, 2.24) is 5.32 Å². The van der Waals surface area contributed by atoms with Crippen LogP contribution in [0.15, 0.2) is 22.7 Å². The molecule has 1 heterocycles. The van der Waals surface area contributed by atoms with Gasteiger partial charge in [0.25, 0.3) is 0 Å². The van der Waals surface area contributed by atoms with Gasteiger partial charge in [-0.15, -0.1) is 0 Å². The third kappa shape index (κ3) is 2.20. The summed E-state index contributed by atoms with van der Waals surface area (Å²) in [5.41, 5.74) is 0.560. The molecular formula is C10H8BrClN2O2. The molecule has 0 spiro atoms. The first-order chi connectivity index (χ1) is 7.58. The number of amides is 2. The lowest BCUT2D eigenvalue weighted by Gasteiger charge is -2.27. The number of carbonyl (C=O) groups is 2. The Kier molecular flexibility index (Phi) is 3.16. The van der Waals surface area contributed by atoms with Crippen molar-refractivity contribution in [2.24, 2.45) is 0 Å². The van der Waals surface area contributed by atoms with Crippen molar-refractivity contribution in [3.05, 3.63) is 27.7 Å². The molecule has 1 N–H and O–H groups in total. The summed E-state index contributed by atoms with van der Waals surface area (Å²) in [6.45, 7) is 0.0331. The highest BCUT2D eigenvalue weighted by molar-refractivity contribution is 9.10. The fraction of sp³-hybridized carbons (Fsp3) is 0.200. The van der Waals surface area contributed by atoms with Gasteiger partial charge < -0.3 is 5.32 Å². The van der Waals surface area contributed by atoms with Crippen LogP contribution < -0.4 is 10.2 Å². The summed E-state index contributed by atoms with van der Waals surface area (Å²) >= 11 is 9.30. The van der Waals surface area contributed by atoms with Crippen LogP contribution in [-0.2, 0) is 9.59 Å². The van der Waals surface area contributed by atoms with E-state index < -0.39 is 0 Å². The Morgan fingerprint density at radius 3 is 2.81 bits per heavy atom. The van der Waals surface area contributed by atoms with Gasteiger partial charge in [0.1, 0.15) is 6.54 Å². The third-order valence-corrected chi connectivity index (χ3v) is 3.04. The van der Waals surface area contributed by atoms with Crippen molar-refractivity contribution in [3.63, 3.8) is 0 Å². The van der Waals surface area contributed by atoms with Crippen LogP contribution in [0, 0.1) is 0 Å². The Labute approximate surface area is 106 Å². The van der Waals surface area contributed by atoms with Crippen molar-refractivity contribution in [2.75, 3.05) is 18.0 Å². The van der Waals surface area contributed by atoms with Crippen molar-refractivity contribution in [2.45, 2.75) is 0 Å². The number of nitrogens with zero attached hydrogens (tertiary/aromatic N) is 1. The van der Waals surface area contributed by atoms with Crippen molar-refractivity contribution >= 4 is 45.0 Å². The minimum absolute atomic E-state index is 0.0141. The maximum Gasteiger partial charge on any atom is 0.246 e. The van der Waals surface area contributed by atoms with E-state index in [0.717, 1.165) is 4.47 Å². The summed E-state index contributed by atoms with van der Waals surface area (Å²) < 4.78 is 0.829. The van der Waals surface area contributed by atoms with Gasteiger partial charge >= 0.3 is 0 Å². The van der Waals surface area contributed by atoms with E-state index in [1.165, 1.54) is 4.90 Å². The number of piperazine rings is 1. The standard InChI is InChI=1S/C10H8BrClN2O2/c11-6-1-2-8(7(12)3-6)14-5-9(15)13-4-10(14)16/h1-3H,4-5H2,(H,13,15). The van der Waals surface area contributed by atoms with Gasteiger partial charge in [0.05, 0.1) is 17.3 Å². The lowest BCUT2D eigenvalue weighted by atomic mass is 10.2. The maximum atomic E-state index is 11.6. The van der Waals surface area contributed by atoms with E-state index in [0.29, 0.717) is 10.7 Å². The molecule has 0 radical (unpaired) electrons. The van der Waals surface area contributed by atoms with Crippen LogP contribution in [0.2, 0.25) is 5.02 Å². The van der Waals surface area contributed by atoms with Crippen molar-refractivity contribution < 1.29 is 9.59 Å². The molecule has 0 atom stereocenters. The average Bonchev–Trinajstić information content (AvgIpc) is 2.22. The SMILES string of the molecule is O=C1CN(c2ccc(Br)cc2Cl)C(=O)CN1. The van der Waals surface area contributed by atoms with Gasteiger partial charge in [0.15, 0.2) is 0 Å². The van der Waals surface area contributed by atoms with Gasteiger partial charge in [0, 0.05) is 4.47 Å². The highest BCUT2D eigenvalue weighted by Crippen LogP contribution is 2.29.